The number of ketones is 1. The van der Waals surface area contributed by atoms with Crippen LogP contribution in [0.3, 0.4) is 0 Å². The van der Waals surface area contributed by atoms with E-state index in [9.17, 15) is 4.79 Å². The van der Waals surface area contributed by atoms with Crippen LogP contribution in [0.2, 0.25) is 0 Å². The Kier molecular flexibility index (Phi) is 4.50. The van der Waals surface area contributed by atoms with Crippen molar-refractivity contribution in [3.05, 3.63) is 24.0 Å². The molecular formula is C14H20N2O3. The highest BCUT2D eigenvalue weighted by Crippen LogP contribution is 2.23. The van der Waals surface area contributed by atoms with E-state index in [0.717, 1.165) is 18.8 Å². The molecule has 1 aromatic heterocycles. The summed E-state index contributed by atoms with van der Waals surface area (Å²) in [5, 5.41) is 0. The van der Waals surface area contributed by atoms with Gasteiger partial charge in [-0.25, -0.2) is 0 Å². The van der Waals surface area contributed by atoms with Crippen LogP contribution in [0.25, 0.3) is 0 Å². The first kappa shape index (κ1) is 14.0. The van der Waals surface area contributed by atoms with Crippen LogP contribution in [0.15, 0.2) is 18.3 Å². The molecule has 1 aliphatic rings. The van der Waals surface area contributed by atoms with Gasteiger partial charge in [0.1, 0.15) is 17.9 Å². The summed E-state index contributed by atoms with van der Waals surface area (Å²) >= 11 is 0. The summed E-state index contributed by atoms with van der Waals surface area (Å²) in [7, 11) is 3.39. The van der Waals surface area contributed by atoms with E-state index in [0.29, 0.717) is 12.1 Å². The fraction of sp³-hybridized carbons (Fsp3) is 0.571. The van der Waals surface area contributed by atoms with Crippen molar-refractivity contribution in [2.24, 2.45) is 0 Å². The number of anilines is 1. The summed E-state index contributed by atoms with van der Waals surface area (Å²) < 4.78 is 10.8. The van der Waals surface area contributed by atoms with E-state index in [4.69, 9.17) is 9.47 Å². The van der Waals surface area contributed by atoms with E-state index in [1.807, 2.05) is 13.0 Å². The van der Waals surface area contributed by atoms with Gasteiger partial charge < -0.3 is 14.4 Å². The number of ether oxygens (including phenoxy) is 2. The third-order valence-electron chi connectivity index (χ3n) is 3.54. The summed E-state index contributed by atoms with van der Waals surface area (Å²) in [5.41, 5.74) is 1.52. The molecular weight excluding hydrogens is 244 g/mol. The van der Waals surface area contributed by atoms with Crippen LogP contribution in [0.1, 0.15) is 23.8 Å². The molecule has 1 aliphatic heterocycles. The van der Waals surface area contributed by atoms with Crippen LogP contribution in [0, 0.1) is 0 Å². The normalized spacial score (nSPS) is 22.8. The van der Waals surface area contributed by atoms with Gasteiger partial charge in [0.2, 0.25) is 0 Å². The van der Waals surface area contributed by atoms with E-state index in [2.05, 4.69) is 9.88 Å². The summed E-state index contributed by atoms with van der Waals surface area (Å²) in [6.07, 6.45) is 2.37. The predicted molar refractivity (Wildman–Crippen MR) is 72.7 cm³/mol. The molecule has 0 aliphatic carbocycles. The Morgan fingerprint density at radius 1 is 1.32 bits per heavy atom. The van der Waals surface area contributed by atoms with Gasteiger partial charge in [0.15, 0.2) is 5.78 Å². The molecule has 5 nitrogen and oxygen atoms in total. The molecule has 0 bridgehead atoms. The molecule has 1 fully saturated rings. The van der Waals surface area contributed by atoms with Crippen molar-refractivity contribution in [3.8, 4) is 0 Å². The second-order valence-corrected chi connectivity index (χ2v) is 4.63. The molecule has 2 unspecified atom stereocenters. The maximum Gasteiger partial charge on any atom is 0.180 e. The molecule has 2 heterocycles. The highest BCUT2D eigenvalue weighted by atomic mass is 16.5. The third-order valence-corrected chi connectivity index (χ3v) is 3.54. The molecule has 0 N–H and O–H groups in total. The number of aromatic nitrogens is 1. The zero-order chi connectivity index (χ0) is 13.8. The summed E-state index contributed by atoms with van der Waals surface area (Å²) in [5.74, 6) is 0.0671. The van der Waals surface area contributed by atoms with Gasteiger partial charge in [-0.05, 0) is 12.1 Å². The second-order valence-electron chi connectivity index (χ2n) is 4.63. The van der Waals surface area contributed by atoms with Gasteiger partial charge in [-0.1, -0.05) is 6.92 Å². The third kappa shape index (κ3) is 2.93. The van der Waals surface area contributed by atoms with Gasteiger partial charge in [0.05, 0.1) is 11.9 Å². The number of hydrogen-bond acceptors (Lipinski definition) is 5. The lowest BCUT2D eigenvalue weighted by Crippen LogP contribution is -2.27. The molecule has 0 amide bonds. The minimum Gasteiger partial charge on any atom is -0.377 e. The van der Waals surface area contributed by atoms with Crippen molar-refractivity contribution in [2.75, 3.05) is 32.2 Å². The monoisotopic (exact) mass is 264 g/mol. The number of Topliss-reactive ketones (excluding diaryl/α,β-unsaturated/α-hetero) is 1. The van der Waals surface area contributed by atoms with Crippen molar-refractivity contribution in [1.82, 2.24) is 4.98 Å². The van der Waals surface area contributed by atoms with Crippen molar-refractivity contribution < 1.29 is 14.3 Å². The highest BCUT2D eigenvalue weighted by Gasteiger charge is 2.33. The van der Waals surface area contributed by atoms with Crippen molar-refractivity contribution in [1.29, 1.82) is 0 Å². The minimum atomic E-state index is 0.0671. The van der Waals surface area contributed by atoms with Crippen molar-refractivity contribution in [2.45, 2.75) is 25.6 Å². The molecule has 1 saturated heterocycles. The van der Waals surface area contributed by atoms with Gasteiger partial charge in [-0.3, -0.25) is 9.78 Å². The van der Waals surface area contributed by atoms with Gasteiger partial charge in [-0.2, -0.15) is 0 Å². The first-order chi connectivity index (χ1) is 9.19. The fourth-order valence-corrected chi connectivity index (χ4v) is 2.33. The van der Waals surface area contributed by atoms with Gasteiger partial charge in [0, 0.05) is 33.7 Å². The fourth-order valence-electron chi connectivity index (χ4n) is 2.33. The average Bonchev–Trinajstić information content (AvgIpc) is 2.89. The first-order valence-corrected chi connectivity index (χ1v) is 6.49. The highest BCUT2D eigenvalue weighted by molar-refractivity contribution is 5.94. The molecule has 104 valence electrons. The lowest BCUT2D eigenvalue weighted by Gasteiger charge is -2.17. The number of nitrogens with zero attached hydrogens (tertiary/aromatic N) is 2. The number of methoxy groups -OCH3 is 2. The SMILES string of the molecule is CCC(=O)c1ccc(N2CC(OC)C(OC)C2)cn1. The number of rotatable bonds is 5. The predicted octanol–water partition coefficient (Wildman–Crippen LogP) is 1.52. The lowest BCUT2D eigenvalue weighted by molar-refractivity contribution is -0.00461. The molecule has 19 heavy (non-hydrogen) atoms. The van der Waals surface area contributed by atoms with Crippen molar-refractivity contribution in [3.63, 3.8) is 0 Å². The quantitative estimate of drug-likeness (QED) is 0.755. The zero-order valence-corrected chi connectivity index (χ0v) is 11.6. The molecule has 1 aromatic rings. The molecule has 5 heteroatoms. The molecule has 0 saturated carbocycles. The Balaban J connectivity index is 2.09. The Morgan fingerprint density at radius 2 is 1.95 bits per heavy atom. The Hall–Kier alpha value is -1.46. The maximum atomic E-state index is 11.5. The smallest absolute Gasteiger partial charge is 0.180 e. The molecule has 2 rings (SSSR count). The van der Waals surface area contributed by atoms with E-state index in [1.54, 1.807) is 26.5 Å². The molecule has 0 aromatic carbocycles. The Morgan fingerprint density at radius 3 is 2.37 bits per heavy atom. The molecule has 0 radical (unpaired) electrons. The Labute approximate surface area is 113 Å². The van der Waals surface area contributed by atoms with Gasteiger partial charge in [-0.15, -0.1) is 0 Å². The maximum absolute atomic E-state index is 11.5. The van der Waals surface area contributed by atoms with E-state index in [-0.39, 0.29) is 18.0 Å². The topological polar surface area (TPSA) is 51.7 Å². The van der Waals surface area contributed by atoms with Crippen LogP contribution in [0.5, 0.6) is 0 Å². The van der Waals surface area contributed by atoms with Crippen LogP contribution >= 0.6 is 0 Å². The first-order valence-electron chi connectivity index (χ1n) is 6.49. The number of pyridine rings is 1. The average molecular weight is 264 g/mol. The summed E-state index contributed by atoms with van der Waals surface area (Å²) in [6.45, 7) is 3.39. The molecule has 0 spiro atoms. The van der Waals surface area contributed by atoms with Crippen LogP contribution in [0.4, 0.5) is 5.69 Å². The number of carbonyl (C=O) groups excluding carboxylic acids is 1. The van der Waals surface area contributed by atoms with E-state index < -0.39 is 0 Å². The summed E-state index contributed by atoms with van der Waals surface area (Å²) in [6, 6.07) is 3.71. The van der Waals surface area contributed by atoms with Gasteiger partial charge >= 0.3 is 0 Å². The van der Waals surface area contributed by atoms with Crippen LogP contribution in [-0.2, 0) is 9.47 Å². The van der Waals surface area contributed by atoms with Crippen LogP contribution in [-0.4, -0.2) is 50.3 Å². The lowest BCUT2D eigenvalue weighted by atomic mass is 10.2. The van der Waals surface area contributed by atoms with Crippen LogP contribution < -0.4 is 4.90 Å². The second kappa shape index (κ2) is 6.12. The van der Waals surface area contributed by atoms with Crippen molar-refractivity contribution >= 4 is 11.5 Å². The van der Waals surface area contributed by atoms with E-state index >= 15 is 0 Å². The Bertz CT molecular complexity index is 421. The number of hydrogen-bond donors (Lipinski definition) is 0. The largest absolute Gasteiger partial charge is 0.377 e. The van der Waals surface area contributed by atoms with Gasteiger partial charge in [0.25, 0.3) is 0 Å². The zero-order valence-electron chi connectivity index (χ0n) is 11.6. The number of carbonyl (C=O) groups is 1. The summed E-state index contributed by atoms with van der Waals surface area (Å²) in [4.78, 5) is 17.9. The standard InChI is InChI=1S/C14H20N2O3/c1-4-12(17)11-6-5-10(7-15-11)16-8-13(18-2)14(9-16)19-3/h5-7,13-14H,4,8-9H2,1-3H3. The van der Waals surface area contributed by atoms with E-state index in [1.165, 1.54) is 0 Å². The minimum absolute atomic E-state index is 0.0671. The molecule has 2 atom stereocenters.